The Balaban J connectivity index is 1.48. The van der Waals surface area contributed by atoms with Gasteiger partial charge >= 0.3 is 0 Å². The Labute approximate surface area is 177 Å². The van der Waals surface area contributed by atoms with Gasteiger partial charge in [-0.1, -0.05) is 28.1 Å². The first-order valence-electron chi connectivity index (χ1n) is 8.76. The van der Waals surface area contributed by atoms with Crippen molar-refractivity contribution in [3.8, 4) is 22.1 Å². The number of halogens is 1. The van der Waals surface area contributed by atoms with Gasteiger partial charge in [0, 0.05) is 22.5 Å². The summed E-state index contributed by atoms with van der Waals surface area (Å²) in [6.07, 6.45) is 0.281. The highest BCUT2D eigenvalue weighted by molar-refractivity contribution is 9.10. The molecular formula is C21H21BrN2O3S. The average Bonchev–Trinajstić information content (AvgIpc) is 3.17. The summed E-state index contributed by atoms with van der Waals surface area (Å²) in [5.74, 6) is 1.55. The van der Waals surface area contributed by atoms with E-state index in [1.165, 1.54) is 0 Å². The second-order valence-electron chi connectivity index (χ2n) is 6.17. The summed E-state index contributed by atoms with van der Waals surface area (Å²) in [5, 5.41) is 2.85. The number of ether oxygens (including phenoxy) is 2. The summed E-state index contributed by atoms with van der Waals surface area (Å²) in [5.41, 5.74) is 1.83. The molecule has 0 bridgehead atoms. The minimum atomic E-state index is 0.0180. The van der Waals surface area contributed by atoms with Crippen LogP contribution in [0, 0.1) is 0 Å². The molecule has 2 aromatic carbocycles. The molecule has 3 aromatic rings. The molecule has 0 radical (unpaired) electrons. The molecule has 3 rings (SSSR count). The van der Waals surface area contributed by atoms with E-state index in [4.69, 9.17) is 9.47 Å². The highest BCUT2D eigenvalue weighted by Crippen LogP contribution is 2.26. The van der Waals surface area contributed by atoms with Gasteiger partial charge in [0.05, 0.1) is 25.8 Å². The van der Waals surface area contributed by atoms with Gasteiger partial charge < -0.3 is 14.4 Å². The van der Waals surface area contributed by atoms with E-state index < -0.39 is 0 Å². The van der Waals surface area contributed by atoms with Crippen LogP contribution in [0.25, 0.3) is 10.6 Å². The van der Waals surface area contributed by atoms with Gasteiger partial charge in [0.1, 0.15) is 23.1 Å². The number of carbonyl (C=O) groups is 1. The monoisotopic (exact) mass is 460 g/mol. The smallest absolute Gasteiger partial charge is 0.228 e. The van der Waals surface area contributed by atoms with Crippen LogP contribution in [-0.4, -0.2) is 43.1 Å². The molecule has 1 heterocycles. The highest BCUT2D eigenvalue weighted by Gasteiger charge is 2.13. The highest BCUT2D eigenvalue weighted by atomic mass is 79.9. The summed E-state index contributed by atoms with van der Waals surface area (Å²) >= 11 is 5.02. The van der Waals surface area contributed by atoms with Crippen LogP contribution in [-0.2, 0) is 11.2 Å². The third-order valence-electron chi connectivity index (χ3n) is 4.14. The molecule has 7 heteroatoms. The SMILES string of the molecule is COc1ccc(OCCN(C)C(=O)Cc2csc(-c3cccc(Br)c3)n2)cc1. The molecule has 0 N–H and O–H groups in total. The summed E-state index contributed by atoms with van der Waals surface area (Å²) in [6, 6.07) is 15.4. The number of hydrogen-bond acceptors (Lipinski definition) is 5. The number of amides is 1. The lowest BCUT2D eigenvalue weighted by Crippen LogP contribution is -2.32. The number of aromatic nitrogens is 1. The summed E-state index contributed by atoms with van der Waals surface area (Å²) in [4.78, 5) is 18.7. The number of thiazole rings is 1. The van der Waals surface area contributed by atoms with Gasteiger partial charge in [-0.3, -0.25) is 4.79 Å². The zero-order valence-corrected chi connectivity index (χ0v) is 18.1. The maximum atomic E-state index is 12.4. The van der Waals surface area contributed by atoms with Crippen LogP contribution in [0.3, 0.4) is 0 Å². The average molecular weight is 461 g/mol. The van der Waals surface area contributed by atoms with Crippen LogP contribution >= 0.6 is 27.3 Å². The number of benzene rings is 2. The normalized spacial score (nSPS) is 10.5. The fourth-order valence-electron chi connectivity index (χ4n) is 2.53. The third-order valence-corrected chi connectivity index (χ3v) is 5.57. The fourth-order valence-corrected chi connectivity index (χ4v) is 3.75. The van der Waals surface area contributed by atoms with Gasteiger partial charge in [0.25, 0.3) is 0 Å². The molecule has 5 nitrogen and oxygen atoms in total. The molecule has 0 spiro atoms. The molecule has 1 amide bonds. The first-order valence-corrected chi connectivity index (χ1v) is 10.4. The zero-order chi connectivity index (χ0) is 19.9. The van der Waals surface area contributed by atoms with Gasteiger partial charge in [0.2, 0.25) is 5.91 Å². The van der Waals surface area contributed by atoms with Crippen molar-refractivity contribution in [2.24, 2.45) is 0 Å². The minimum Gasteiger partial charge on any atom is -0.497 e. The molecule has 28 heavy (non-hydrogen) atoms. The molecule has 0 atom stereocenters. The first-order chi connectivity index (χ1) is 13.5. The van der Waals surface area contributed by atoms with E-state index in [1.54, 1.807) is 30.4 Å². The quantitative estimate of drug-likeness (QED) is 0.490. The van der Waals surface area contributed by atoms with Crippen molar-refractivity contribution >= 4 is 33.2 Å². The standard InChI is InChI=1S/C21H21BrN2O3S/c1-24(10-11-27-19-8-6-18(26-2)7-9-19)20(25)13-17-14-28-21(23-17)15-4-3-5-16(22)12-15/h3-9,12,14H,10-11,13H2,1-2H3. The Bertz CT molecular complexity index is 927. The maximum absolute atomic E-state index is 12.4. The van der Waals surface area contributed by atoms with E-state index in [1.807, 2.05) is 53.9 Å². The van der Waals surface area contributed by atoms with Crippen LogP contribution < -0.4 is 9.47 Å². The van der Waals surface area contributed by atoms with Gasteiger partial charge in [-0.2, -0.15) is 0 Å². The molecule has 0 saturated heterocycles. The van der Waals surface area contributed by atoms with Crippen LogP contribution in [0.15, 0.2) is 58.4 Å². The van der Waals surface area contributed by atoms with E-state index in [0.29, 0.717) is 13.2 Å². The molecule has 0 aliphatic carbocycles. The number of hydrogen-bond donors (Lipinski definition) is 0. The van der Waals surface area contributed by atoms with Crippen LogP contribution in [0.2, 0.25) is 0 Å². The van der Waals surface area contributed by atoms with E-state index in [2.05, 4.69) is 20.9 Å². The predicted octanol–water partition coefficient (Wildman–Crippen LogP) is 4.66. The van der Waals surface area contributed by atoms with E-state index >= 15 is 0 Å². The summed E-state index contributed by atoms with van der Waals surface area (Å²) in [6.45, 7) is 0.933. The molecule has 0 fully saturated rings. The molecule has 0 aliphatic rings. The van der Waals surface area contributed by atoms with Crippen molar-refractivity contribution < 1.29 is 14.3 Å². The minimum absolute atomic E-state index is 0.0180. The number of carbonyl (C=O) groups excluding carboxylic acids is 1. The predicted molar refractivity (Wildman–Crippen MR) is 115 cm³/mol. The van der Waals surface area contributed by atoms with E-state index in [0.717, 1.165) is 32.2 Å². The Morgan fingerprint density at radius 2 is 1.93 bits per heavy atom. The molecule has 0 unspecified atom stereocenters. The fraction of sp³-hybridized carbons (Fsp3) is 0.238. The Kier molecular flexibility index (Phi) is 7.06. The Morgan fingerprint density at radius 3 is 2.64 bits per heavy atom. The van der Waals surface area contributed by atoms with Crippen LogP contribution in [0.4, 0.5) is 0 Å². The molecule has 0 saturated carbocycles. The Morgan fingerprint density at radius 1 is 1.18 bits per heavy atom. The lowest BCUT2D eigenvalue weighted by Gasteiger charge is -2.17. The third kappa shape index (κ3) is 5.56. The van der Waals surface area contributed by atoms with Crippen molar-refractivity contribution in [3.63, 3.8) is 0 Å². The maximum Gasteiger partial charge on any atom is 0.228 e. The van der Waals surface area contributed by atoms with Crippen molar-refractivity contribution in [2.45, 2.75) is 6.42 Å². The molecular weight excluding hydrogens is 440 g/mol. The number of likely N-dealkylation sites (N-methyl/N-ethyl adjacent to an activating group) is 1. The lowest BCUT2D eigenvalue weighted by atomic mass is 10.2. The second-order valence-corrected chi connectivity index (χ2v) is 7.94. The second kappa shape index (κ2) is 9.71. The van der Waals surface area contributed by atoms with E-state index in [9.17, 15) is 4.79 Å². The van der Waals surface area contributed by atoms with Gasteiger partial charge in [-0.15, -0.1) is 11.3 Å². The van der Waals surface area contributed by atoms with Crippen molar-refractivity contribution in [1.82, 2.24) is 9.88 Å². The van der Waals surface area contributed by atoms with Gasteiger partial charge in [0.15, 0.2) is 0 Å². The molecule has 146 valence electrons. The van der Waals surface area contributed by atoms with Gasteiger partial charge in [-0.25, -0.2) is 4.98 Å². The molecule has 1 aromatic heterocycles. The Hall–Kier alpha value is -2.38. The van der Waals surface area contributed by atoms with Crippen molar-refractivity contribution in [2.75, 3.05) is 27.3 Å². The van der Waals surface area contributed by atoms with Gasteiger partial charge in [-0.05, 0) is 36.4 Å². The van der Waals surface area contributed by atoms with Crippen LogP contribution in [0.5, 0.6) is 11.5 Å². The van der Waals surface area contributed by atoms with Crippen molar-refractivity contribution in [3.05, 3.63) is 64.1 Å². The van der Waals surface area contributed by atoms with E-state index in [-0.39, 0.29) is 12.3 Å². The number of methoxy groups -OCH3 is 1. The number of rotatable bonds is 8. The first kappa shape index (κ1) is 20.4. The lowest BCUT2D eigenvalue weighted by molar-refractivity contribution is -0.129. The topological polar surface area (TPSA) is 51.7 Å². The molecule has 0 aliphatic heterocycles. The van der Waals surface area contributed by atoms with Crippen LogP contribution in [0.1, 0.15) is 5.69 Å². The summed E-state index contributed by atoms with van der Waals surface area (Å²) in [7, 11) is 3.40. The zero-order valence-electron chi connectivity index (χ0n) is 15.7. The van der Waals surface area contributed by atoms with Crippen molar-refractivity contribution in [1.29, 1.82) is 0 Å². The largest absolute Gasteiger partial charge is 0.497 e. The number of nitrogens with zero attached hydrogens (tertiary/aromatic N) is 2. The summed E-state index contributed by atoms with van der Waals surface area (Å²) < 4.78 is 11.8.